The molecule has 17 heavy (non-hydrogen) atoms. The van der Waals surface area contributed by atoms with E-state index in [4.69, 9.17) is 11.6 Å². The molecule has 0 unspecified atom stereocenters. The van der Waals surface area contributed by atoms with Crippen molar-refractivity contribution >= 4 is 17.3 Å². The first-order chi connectivity index (χ1) is 8.16. The van der Waals surface area contributed by atoms with Crippen LogP contribution in [0.5, 0.6) is 0 Å². The van der Waals surface area contributed by atoms with Gasteiger partial charge in [0.15, 0.2) is 0 Å². The highest BCUT2D eigenvalue weighted by atomic mass is 35.5. The Kier molecular flexibility index (Phi) is 3.64. The number of aryl methyl sites for hydroxylation is 2. The second kappa shape index (κ2) is 5.19. The molecule has 0 fully saturated rings. The number of benzene rings is 1. The van der Waals surface area contributed by atoms with Crippen molar-refractivity contribution in [1.29, 1.82) is 0 Å². The maximum Gasteiger partial charge on any atom is 0.147 e. The smallest absolute Gasteiger partial charge is 0.147 e. The summed E-state index contributed by atoms with van der Waals surface area (Å²) in [5, 5.41) is 8.31. The number of aromatic nitrogens is 3. The average molecular weight is 251 g/mol. The standard InChI is InChI=1S/C12H15ClN4/c1-9-15-10(2)17(16-9)8-7-14-12-6-4-3-5-11(12)13/h3-6,14H,7-8H2,1-2H3. The zero-order valence-electron chi connectivity index (χ0n) is 9.94. The molecule has 0 bridgehead atoms. The molecule has 2 aromatic rings. The van der Waals surface area contributed by atoms with Crippen molar-refractivity contribution in [3.05, 3.63) is 40.9 Å². The fourth-order valence-electron chi connectivity index (χ4n) is 1.67. The second-order valence-corrected chi connectivity index (χ2v) is 4.24. The molecule has 4 nitrogen and oxygen atoms in total. The number of para-hydroxylation sites is 1. The quantitative estimate of drug-likeness (QED) is 0.907. The Balaban J connectivity index is 1.92. The summed E-state index contributed by atoms with van der Waals surface area (Å²) in [6.45, 7) is 5.39. The van der Waals surface area contributed by atoms with Crippen LogP contribution in [-0.4, -0.2) is 21.3 Å². The van der Waals surface area contributed by atoms with Gasteiger partial charge < -0.3 is 5.32 Å². The fraction of sp³-hybridized carbons (Fsp3) is 0.333. The van der Waals surface area contributed by atoms with Gasteiger partial charge in [-0.15, -0.1) is 0 Å². The number of rotatable bonds is 4. The van der Waals surface area contributed by atoms with Gasteiger partial charge in [0.2, 0.25) is 0 Å². The number of halogens is 1. The summed E-state index contributed by atoms with van der Waals surface area (Å²) in [7, 11) is 0. The number of hydrogen-bond donors (Lipinski definition) is 1. The zero-order valence-corrected chi connectivity index (χ0v) is 10.7. The van der Waals surface area contributed by atoms with E-state index in [1.165, 1.54) is 0 Å². The van der Waals surface area contributed by atoms with Gasteiger partial charge in [0.25, 0.3) is 0 Å². The minimum Gasteiger partial charge on any atom is -0.382 e. The first-order valence-corrected chi connectivity index (χ1v) is 5.91. The number of hydrogen-bond acceptors (Lipinski definition) is 3. The van der Waals surface area contributed by atoms with Crippen molar-refractivity contribution in [3.63, 3.8) is 0 Å². The zero-order chi connectivity index (χ0) is 12.3. The van der Waals surface area contributed by atoms with Crippen molar-refractivity contribution < 1.29 is 0 Å². The maximum absolute atomic E-state index is 6.04. The minimum absolute atomic E-state index is 0.735. The molecule has 0 aliphatic heterocycles. The maximum atomic E-state index is 6.04. The Bertz CT molecular complexity index is 507. The van der Waals surface area contributed by atoms with Gasteiger partial charge in [-0.05, 0) is 26.0 Å². The average Bonchev–Trinajstić information content (AvgIpc) is 2.60. The van der Waals surface area contributed by atoms with Crippen molar-refractivity contribution in [1.82, 2.24) is 14.8 Å². The largest absolute Gasteiger partial charge is 0.382 e. The third kappa shape index (κ3) is 2.97. The molecule has 0 amide bonds. The van der Waals surface area contributed by atoms with Gasteiger partial charge in [-0.1, -0.05) is 23.7 Å². The molecule has 1 heterocycles. The number of nitrogens with one attached hydrogen (secondary N) is 1. The van der Waals surface area contributed by atoms with Gasteiger partial charge in [-0.2, -0.15) is 5.10 Å². The van der Waals surface area contributed by atoms with Crippen LogP contribution in [0.25, 0.3) is 0 Å². The van der Waals surface area contributed by atoms with Gasteiger partial charge in [0.05, 0.1) is 17.3 Å². The van der Waals surface area contributed by atoms with Crippen LogP contribution in [-0.2, 0) is 6.54 Å². The minimum atomic E-state index is 0.735. The highest BCUT2D eigenvalue weighted by Gasteiger charge is 2.02. The van der Waals surface area contributed by atoms with E-state index in [0.29, 0.717) is 0 Å². The summed E-state index contributed by atoms with van der Waals surface area (Å²) < 4.78 is 1.89. The van der Waals surface area contributed by atoms with Crippen LogP contribution >= 0.6 is 11.6 Å². The third-order valence-corrected chi connectivity index (χ3v) is 2.81. The fourth-order valence-corrected chi connectivity index (χ4v) is 1.88. The van der Waals surface area contributed by atoms with E-state index in [2.05, 4.69) is 15.4 Å². The molecule has 0 aliphatic rings. The molecule has 0 saturated heterocycles. The molecule has 1 N–H and O–H groups in total. The van der Waals surface area contributed by atoms with Gasteiger partial charge in [-0.3, -0.25) is 0 Å². The summed E-state index contributed by atoms with van der Waals surface area (Å²) >= 11 is 6.04. The van der Waals surface area contributed by atoms with Crippen LogP contribution in [0.1, 0.15) is 11.6 Å². The predicted molar refractivity (Wildman–Crippen MR) is 69.4 cm³/mol. The van der Waals surface area contributed by atoms with E-state index in [0.717, 1.165) is 35.4 Å². The lowest BCUT2D eigenvalue weighted by Crippen LogP contribution is -2.13. The number of nitrogens with zero attached hydrogens (tertiary/aromatic N) is 3. The molecule has 2 rings (SSSR count). The first kappa shape index (κ1) is 11.9. The van der Waals surface area contributed by atoms with Crippen LogP contribution in [0.15, 0.2) is 24.3 Å². The topological polar surface area (TPSA) is 42.7 Å². The molecule has 1 aromatic carbocycles. The Morgan fingerprint density at radius 2 is 2.06 bits per heavy atom. The van der Waals surface area contributed by atoms with Crippen LogP contribution < -0.4 is 5.32 Å². The summed E-state index contributed by atoms with van der Waals surface area (Å²) in [6, 6.07) is 7.70. The van der Waals surface area contributed by atoms with Gasteiger partial charge >= 0.3 is 0 Å². The normalized spacial score (nSPS) is 10.5. The van der Waals surface area contributed by atoms with E-state index in [9.17, 15) is 0 Å². The predicted octanol–water partition coefficient (Wildman–Crippen LogP) is 2.66. The SMILES string of the molecule is Cc1nc(C)n(CCNc2ccccc2Cl)n1. The van der Waals surface area contributed by atoms with E-state index in [1.807, 2.05) is 42.8 Å². The van der Waals surface area contributed by atoms with Crippen LogP contribution in [0.2, 0.25) is 5.02 Å². The molecule has 0 saturated carbocycles. The second-order valence-electron chi connectivity index (χ2n) is 3.84. The highest BCUT2D eigenvalue weighted by molar-refractivity contribution is 6.33. The molecule has 0 spiro atoms. The van der Waals surface area contributed by atoms with Crippen LogP contribution in [0.3, 0.4) is 0 Å². The van der Waals surface area contributed by atoms with Crippen molar-refractivity contribution in [2.45, 2.75) is 20.4 Å². The van der Waals surface area contributed by atoms with Gasteiger partial charge in [0.1, 0.15) is 11.6 Å². The Morgan fingerprint density at radius 1 is 1.29 bits per heavy atom. The molecular weight excluding hydrogens is 236 g/mol. The number of anilines is 1. The molecule has 1 aromatic heterocycles. The van der Waals surface area contributed by atoms with Crippen LogP contribution in [0.4, 0.5) is 5.69 Å². The van der Waals surface area contributed by atoms with E-state index >= 15 is 0 Å². The summed E-state index contributed by atoms with van der Waals surface area (Å²) in [5.41, 5.74) is 0.948. The summed E-state index contributed by atoms with van der Waals surface area (Å²) in [5.74, 6) is 1.74. The molecular formula is C12H15ClN4. The van der Waals surface area contributed by atoms with E-state index < -0.39 is 0 Å². The lowest BCUT2D eigenvalue weighted by molar-refractivity contribution is 0.612. The Labute approximate surface area is 106 Å². The summed E-state index contributed by atoms with van der Waals surface area (Å²) in [6.07, 6.45) is 0. The Hall–Kier alpha value is -1.55. The monoisotopic (exact) mass is 250 g/mol. The van der Waals surface area contributed by atoms with Crippen LogP contribution in [0, 0.1) is 13.8 Å². The van der Waals surface area contributed by atoms with E-state index in [1.54, 1.807) is 0 Å². The molecule has 90 valence electrons. The lowest BCUT2D eigenvalue weighted by atomic mass is 10.3. The molecule has 5 heteroatoms. The lowest BCUT2D eigenvalue weighted by Gasteiger charge is -2.08. The third-order valence-electron chi connectivity index (χ3n) is 2.48. The molecule has 0 atom stereocenters. The Morgan fingerprint density at radius 3 is 2.71 bits per heavy atom. The van der Waals surface area contributed by atoms with Gasteiger partial charge in [-0.25, -0.2) is 9.67 Å². The van der Waals surface area contributed by atoms with E-state index in [-0.39, 0.29) is 0 Å². The first-order valence-electron chi connectivity index (χ1n) is 5.53. The summed E-state index contributed by atoms with van der Waals surface area (Å²) in [4.78, 5) is 4.25. The van der Waals surface area contributed by atoms with Crippen molar-refractivity contribution in [3.8, 4) is 0 Å². The van der Waals surface area contributed by atoms with Crippen molar-refractivity contribution in [2.75, 3.05) is 11.9 Å². The molecule has 0 radical (unpaired) electrons. The molecule has 0 aliphatic carbocycles. The highest BCUT2D eigenvalue weighted by Crippen LogP contribution is 2.19. The van der Waals surface area contributed by atoms with Gasteiger partial charge in [0, 0.05) is 6.54 Å². The van der Waals surface area contributed by atoms with Crippen molar-refractivity contribution in [2.24, 2.45) is 0 Å².